The van der Waals surface area contributed by atoms with Crippen molar-refractivity contribution in [2.24, 2.45) is 0 Å². The first kappa shape index (κ1) is 13.9. The summed E-state index contributed by atoms with van der Waals surface area (Å²) < 4.78 is 0. The van der Waals surface area contributed by atoms with Crippen LogP contribution in [0.1, 0.15) is 5.56 Å². The zero-order valence-electron chi connectivity index (χ0n) is 10.2. The SMILES string of the molecule is [O-]N1CNCc2cnc(NC(CO)(CO)CO)nc21. The van der Waals surface area contributed by atoms with Crippen molar-refractivity contribution in [1.82, 2.24) is 15.3 Å². The Hall–Kier alpha value is -1.52. The van der Waals surface area contributed by atoms with Crippen LogP contribution in [0.2, 0.25) is 0 Å². The molecule has 0 atom stereocenters. The van der Waals surface area contributed by atoms with E-state index in [0.717, 1.165) is 0 Å². The first-order valence-corrected chi connectivity index (χ1v) is 5.76. The van der Waals surface area contributed by atoms with E-state index in [1.165, 1.54) is 6.20 Å². The number of nitrogens with zero attached hydrogens (tertiary/aromatic N) is 3. The molecule has 0 bridgehead atoms. The highest BCUT2D eigenvalue weighted by Crippen LogP contribution is 2.21. The van der Waals surface area contributed by atoms with Crippen molar-refractivity contribution in [3.05, 3.63) is 17.0 Å². The van der Waals surface area contributed by atoms with E-state index in [0.29, 0.717) is 17.2 Å². The number of aliphatic hydroxyl groups excluding tert-OH is 3. The zero-order valence-corrected chi connectivity index (χ0v) is 10.2. The highest BCUT2D eigenvalue weighted by Gasteiger charge is 2.29. The Kier molecular flexibility index (Phi) is 4.12. The van der Waals surface area contributed by atoms with E-state index in [4.69, 9.17) is 0 Å². The van der Waals surface area contributed by atoms with Gasteiger partial charge in [0.1, 0.15) is 11.4 Å². The lowest BCUT2D eigenvalue weighted by Gasteiger charge is -2.36. The Morgan fingerprint density at radius 2 is 2.05 bits per heavy atom. The predicted octanol–water partition coefficient (Wildman–Crippen LogP) is -2.03. The van der Waals surface area contributed by atoms with Gasteiger partial charge in [0.05, 0.1) is 26.5 Å². The molecule has 0 unspecified atom stereocenters. The van der Waals surface area contributed by atoms with Crippen LogP contribution in [0.5, 0.6) is 0 Å². The summed E-state index contributed by atoms with van der Waals surface area (Å²) in [5.41, 5.74) is -0.663. The van der Waals surface area contributed by atoms with Crippen molar-refractivity contribution in [3.63, 3.8) is 0 Å². The minimum absolute atomic E-state index is 0.0682. The highest BCUT2D eigenvalue weighted by atomic mass is 16.5. The topological polar surface area (TPSA) is 137 Å². The number of rotatable bonds is 5. The van der Waals surface area contributed by atoms with Gasteiger partial charge in [0.25, 0.3) is 0 Å². The van der Waals surface area contributed by atoms with Crippen LogP contribution < -0.4 is 15.7 Å². The van der Waals surface area contributed by atoms with Gasteiger partial charge in [-0.15, -0.1) is 0 Å². The van der Waals surface area contributed by atoms with Gasteiger partial charge in [0.2, 0.25) is 5.95 Å². The van der Waals surface area contributed by atoms with Crippen LogP contribution in [0.15, 0.2) is 6.20 Å². The molecule has 0 amide bonds. The summed E-state index contributed by atoms with van der Waals surface area (Å²) in [6, 6.07) is 0. The lowest BCUT2D eigenvalue weighted by atomic mass is 10.0. The second kappa shape index (κ2) is 5.63. The van der Waals surface area contributed by atoms with Crippen LogP contribution in [-0.2, 0) is 6.54 Å². The first-order chi connectivity index (χ1) is 9.14. The molecule has 0 saturated heterocycles. The van der Waals surface area contributed by atoms with Crippen LogP contribution in [0.3, 0.4) is 0 Å². The fraction of sp³-hybridized carbons (Fsp3) is 0.600. The maximum Gasteiger partial charge on any atom is 0.225 e. The molecule has 0 aliphatic carbocycles. The molecule has 106 valence electrons. The summed E-state index contributed by atoms with van der Waals surface area (Å²) in [5, 5.41) is 45.4. The van der Waals surface area contributed by atoms with Gasteiger partial charge in [-0.05, 0) is 0 Å². The Morgan fingerprint density at radius 3 is 2.68 bits per heavy atom. The molecule has 1 aromatic heterocycles. The van der Waals surface area contributed by atoms with Gasteiger partial charge >= 0.3 is 0 Å². The lowest BCUT2D eigenvalue weighted by Crippen LogP contribution is -2.49. The molecule has 0 spiro atoms. The van der Waals surface area contributed by atoms with Gasteiger partial charge in [-0.25, -0.2) is 4.98 Å². The van der Waals surface area contributed by atoms with E-state index >= 15 is 0 Å². The van der Waals surface area contributed by atoms with E-state index in [1.54, 1.807) is 0 Å². The fourth-order valence-corrected chi connectivity index (χ4v) is 1.67. The Bertz CT molecular complexity index is 432. The molecule has 0 radical (unpaired) electrons. The third-order valence-corrected chi connectivity index (χ3v) is 2.93. The van der Waals surface area contributed by atoms with Crippen LogP contribution in [-0.4, -0.2) is 57.3 Å². The Labute approximate surface area is 109 Å². The van der Waals surface area contributed by atoms with E-state index in [-0.39, 0.29) is 18.4 Å². The average molecular weight is 270 g/mol. The summed E-state index contributed by atoms with van der Waals surface area (Å²) in [6.07, 6.45) is 1.48. The van der Waals surface area contributed by atoms with E-state index in [1.807, 2.05) is 0 Å². The second-order valence-electron chi connectivity index (χ2n) is 4.39. The summed E-state index contributed by atoms with van der Waals surface area (Å²) >= 11 is 0. The number of aliphatic hydroxyl groups is 3. The molecule has 1 aromatic rings. The van der Waals surface area contributed by atoms with Crippen LogP contribution >= 0.6 is 0 Å². The maximum atomic E-state index is 11.6. The normalized spacial score (nSPS) is 15.3. The standard InChI is InChI=1S/C10H16N5O4/c16-3-10(4-17,5-18)14-9-12-2-7-1-11-6-15(19)8(7)13-9/h2,11,16-18H,1,3-6H2,(H,12,13,14)/q-1. The third-order valence-electron chi connectivity index (χ3n) is 2.93. The lowest BCUT2D eigenvalue weighted by molar-refractivity contribution is 0.0828. The number of hydrogen-bond acceptors (Lipinski definition) is 9. The number of fused-ring (bicyclic) bond motifs is 1. The Morgan fingerprint density at radius 1 is 1.37 bits per heavy atom. The molecular formula is C10H16N5O4-. The maximum absolute atomic E-state index is 11.6. The molecule has 1 aliphatic rings. The molecule has 2 rings (SSSR count). The number of hydrogen-bond donors (Lipinski definition) is 5. The number of hydroxylamine groups is 1. The molecule has 1 aliphatic heterocycles. The van der Waals surface area contributed by atoms with E-state index in [9.17, 15) is 20.5 Å². The molecule has 0 fully saturated rings. The summed E-state index contributed by atoms with van der Waals surface area (Å²) in [7, 11) is 0. The summed E-state index contributed by atoms with van der Waals surface area (Å²) in [6.45, 7) is -0.858. The number of nitrogens with one attached hydrogen (secondary N) is 2. The zero-order chi connectivity index (χ0) is 13.9. The van der Waals surface area contributed by atoms with Crippen molar-refractivity contribution in [2.75, 3.05) is 36.9 Å². The van der Waals surface area contributed by atoms with Crippen molar-refractivity contribution >= 4 is 11.8 Å². The van der Waals surface area contributed by atoms with Crippen molar-refractivity contribution in [3.8, 4) is 0 Å². The smallest absolute Gasteiger partial charge is 0.225 e. The second-order valence-corrected chi connectivity index (χ2v) is 4.39. The molecule has 0 saturated carbocycles. The first-order valence-electron chi connectivity index (χ1n) is 5.76. The van der Waals surface area contributed by atoms with Crippen molar-refractivity contribution < 1.29 is 15.3 Å². The van der Waals surface area contributed by atoms with Gasteiger partial charge in [0, 0.05) is 18.3 Å². The number of aromatic nitrogens is 2. The van der Waals surface area contributed by atoms with Crippen molar-refractivity contribution in [1.29, 1.82) is 0 Å². The van der Waals surface area contributed by atoms with Gasteiger partial charge in [-0.1, -0.05) is 0 Å². The monoisotopic (exact) mass is 270 g/mol. The molecule has 19 heavy (non-hydrogen) atoms. The predicted molar refractivity (Wildman–Crippen MR) is 67.2 cm³/mol. The quantitative estimate of drug-likeness (QED) is 0.410. The largest absolute Gasteiger partial charge is 0.756 e. The highest BCUT2D eigenvalue weighted by molar-refractivity contribution is 5.52. The summed E-state index contributed by atoms with van der Waals surface area (Å²) in [5.74, 6) is 0.303. The minimum atomic E-state index is -1.32. The summed E-state index contributed by atoms with van der Waals surface area (Å²) in [4.78, 5) is 8.03. The van der Waals surface area contributed by atoms with E-state index in [2.05, 4.69) is 20.6 Å². The minimum Gasteiger partial charge on any atom is -0.756 e. The molecule has 9 nitrogen and oxygen atoms in total. The molecule has 0 aromatic carbocycles. The van der Waals surface area contributed by atoms with Gasteiger partial charge in [-0.2, -0.15) is 4.98 Å². The van der Waals surface area contributed by atoms with E-state index < -0.39 is 25.4 Å². The molecule has 5 N–H and O–H groups in total. The molecule has 9 heteroatoms. The van der Waals surface area contributed by atoms with Gasteiger partial charge in [0.15, 0.2) is 0 Å². The van der Waals surface area contributed by atoms with Gasteiger partial charge < -0.3 is 30.9 Å². The van der Waals surface area contributed by atoms with Crippen LogP contribution in [0.25, 0.3) is 0 Å². The average Bonchev–Trinajstić information content (AvgIpc) is 2.46. The Balaban J connectivity index is 2.24. The van der Waals surface area contributed by atoms with Crippen molar-refractivity contribution in [2.45, 2.75) is 12.1 Å². The molecular weight excluding hydrogens is 254 g/mol. The van der Waals surface area contributed by atoms with Gasteiger partial charge in [-0.3, -0.25) is 5.32 Å². The van der Waals surface area contributed by atoms with Crippen LogP contribution in [0, 0.1) is 5.21 Å². The fourth-order valence-electron chi connectivity index (χ4n) is 1.67. The third kappa shape index (κ3) is 2.74. The molecule has 2 heterocycles. The van der Waals surface area contributed by atoms with Crippen LogP contribution in [0.4, 0.5) is 11.8 Å². The number of anilines is 2.